The lowest BCUT2D eigenvalue weighted by Gasteiger charge is -2.34. The van der Waals surface area contributed by atoms with Gasteiger partial charge in [-0.05, 0) is 43.5 Å². The van der Waals surface area contributed by atoms with Gasteiger partial charge in [-0.1, -0.05) is 13.8 Å². The molecule has 1 N–H and O–H groups in total. The zero-order chi connectivity index (χ0) is 17.9. The minimum atomic E-state index is -1.16. The van der Waals surface area contributed by atoms with E-state index in [-0.39, 0.29) is 18.7 Å². The van der Waals surface area contributed by atoms with Gasteiger partial charge >= 0.3 is 5.97 Å². The van der Waals surface area contributed by atoms with Crippen molar-refractivity contribution in [2.24, 2.45) is 15.9 Å². The number of fused-ring (bicyclic) bond motifs is 3. The number of carbonyl (C=O) groups is 2. The van der Waals surface area contributed by atoms with Crippen molar-refractivity contribution >= 4 is 18.1 Å². The Balaban J connectivity index is 1.50. The van der Waals surface area contributed by atoms with E-state index in [1.54, 1.807) is 12.1 Å². The average molecular weight is 344 g/mol. The number of nitrogens with one attached hydrogen (secondary N) is 1. The highest BCUT2D eigenvalue weighted by molar-refractivity contribution is 5.96. The van der Waals surface area contributed by atoms with Gasteiger partial charge in [0.2, 0.25) is 6.79 Å². The summed E-state index contributed by atoms with van der Waals surface area (Å²) in [4.78, 5) is 25.0. The Morgan fingerprint density at radius 1 is 1.20 bits per heavy atom. The molecular formula is C18H20N2O5. The molecule has 0 unspecified atom stereocenters. The van der Waals surface area contributed by atoms with Crippen molar-refractivity contribution < 1.29 is 23.8 Å². The number of ether oxygens (including phenoxy) is 3. The molecule has 132 valence electrons. The topological polar surface area (TPSA) is 86.2 Å². The van der Waals surface area contributed by atoms with Crippen molar-refractivity contribution in [3.8, 4) is 11.5 Å². The number of hydrazone groups is 1. The fourth-order valence-corrected chi connectivity index (χ4v) is 4.00. The number of hydrogen-bond acceptors (Lipinski definition) is 6. The number of rotatable bonds is 3. The molecule has 2 heterocycles. The van der Waals surface area contributed by atoms with E-state index in [2.05, 4.69) is 10.5 Å². The summed E-state index contributed by atoms with van der Waals surface area (Å²) in [5, 5.41) is 4.02. The zero-order valence-corrected chi connectivity index (χ0v) is 14.4. The molecule has 7 heteroatoms. The van der Waals surface area contributed by atoms with E-state index in [9.17, 15) is 9.59 Å². The molecule has 7 nitrogen and oxygen atoms in total. The second-order valence-electron chi connectivity index (χ2n) is 7.49. The van der Waals surface area contributed by atoms with Crippen LogP contribution in [0.3, 0.4) is 0 Å². The second kappa shape index (κ2) is 4.97. The monoisotopic (exact) mass is 344 g/mol. The molecule has 1 saturated carbocycles. The summed E-state index contributed by atoms with van der Waals surface area (Å²) >= 11 is 0. The number of hydrogen-bond donors (Lipinski definition) is 1. The molecule has 2 atom stereocenters. The molecule has 2 fully saturated rings. The van der Waals surface area contributed by atoms with Gasteiger partial charge in [-0.25, -0.2) is 5.43 Å². The maximum atomic E-state index is 12.8. The maximum Gasteiger partial charge on any atom is 0.313 e. The Labute approximate surface area is 145 Å². The first kappa shape index (κ1) is 15.9. The Bertz CT molecular complexity index is 803. The molecule has 1 amide bonds. The highest BCUT2D eigenvalue weighted by Gasteiger charge is 2.75. The highest BCUT2D eigenvalue weighted by atomic mass is 16.7. The zero-order valence-electron chi connectivity index (χ0n) is 14.4. The van der Waals surface area contributed by atoms with Gasteiger partial charge in [0.05, 0.1) is 11.6 Å². The first-order valence-electron chi connectivity index (χ1n) is 8.27. The Morgan fingerprint density at radius 3 is 2.64 bits per heavy atom. The van der Waals surface area contributed by atoms with Crippen LogP contribution in [-0.4, -0.2) is 30.5 Å². The number of nitrogens with zero attached hydrogens (tertiary/aromatic N) is 1. The summed E-state index contributed by atoms with van der Waals surface area (Å²) in [7, 11) is 0. The summed E-state index contributed by atoms with van der Waals surface area (Å²) in [6.07, 6.45) is 2.67. The molecule has 25 heavy (non-hydrogen) atoms. The summed E-state index contributed by atoms with van der Waals surface area (Å²) in [6.45, 7) is 5.89. The number of carbonyl (C=O) groups excluding carboxylic acids is 2. The Morgan fingerprint density at radius 2 is 1.96 bits per heavy atom. The van der Waals surface area contributed by atoms with Gasteiger partial charge in [-0.15, -0.1) is 0 Å². The summed E-state index contributed by atoms with van der Waals surface area (Å²) in [5.41, 5.74) is 0.916. The third kappa shape index (κ3) is 1.95. The van der Waals surface area contributed by atoms with Gasteiger partial charge < -0.3 is 14.2 Å². The minimum Gasteiger partial charge on any atom is -0.454 e. The largest absolute Gasteiger partial charge is 0.454 e. The Kier molecular flexibility index (Phi) is 3.17. The van der Waals surface area contributed by atoms with Crippen LogP contribution in [0.25, 0.3) is 0 Å². The molecule has 2 aliphatic heterocycles. The van der Waals surface area contributed by atoms with E-state index in [4.69, 9.17) is 14.2 Å². The van der Waals surface area contributed by atoms with Gasteiger partial charge in [-0.2, -0.15) is 5.10 Å². The van der Waals surface area contributed by atoms with E-state index in [1.807, 2.05) is 26.8 Å². The molecule has 0 spiro atoms. The standard InChI is InChI=1S/C18H20N2O5/c1-16(2)17(3)6-7-18(16,25-15(17)22)14(21)20-19-9-11-4-5-12-13(8-11)24-10-23-12/h4-5,8-9H,6-7,10H2,1-3H3,(H,20,21)/b19-9-/t17-,18+/m0/s1. The van der Waals surface area contributed by atoms with Crippen LogP contribution in [0.5, 0.6) is 11.5 Å². The predicted molar refractivity (Wildman–Crippen MR) is 88.2 cm³/mol. The highest BCUT2D eigenvalue weighted by Crippen LogP contribution is 2.65. The van der Waals surface area contributed by atoms with Crippen molar-refractivity contribution in [2.45, 2.75) is 39.2 Å². The third-order valence-corrected chi connectivity index (χ3v) is 6.23. The van der Waals surface area contributed by atoms with Crippen LogP contribution in [0.2, 0.25) is 0 Å². The van der Waals surface area contributed by atoms with Gasteiger partial charge in [0.1, 0.15) is 0 Å². The molecule has 0 radical (unpaired) electrons. The molecule has 1 aromatic carbocycles. The van der Waals surface area contributed by atoms with Crippen LogP contribution in [0, 0.1) is 10.8 Å². The number of esters is 1. The molecular weight excluding hydrogens is 324 g/mol. The van der Waals surface area contributed by atoms with E-state index >= 15 is 0 Å². The van der Waals surface area contributed by atoms with Gasteiger partial charge in [0.15, 0.2) is 17.1 Å². The predicted octanol–water partition coefficient (Wildman–Crippen LogP) is 1.99. The van der Waals surface area contributed by atoms with Gasteiger partial charge in [0, 0.05) is 5.41 Å². The number of benzene rings is 1. The third-order valence-electron chi connectivity index (χ3n) is 6.23. The molecule has 1 saturated heterocycles. The lowest BCUT2D eigenvalue weighted by molar-refractivity contribution is -0.168. The smallest absolute Gasteiger partial charge is 0.313 e. The van der Waals surface area contributed by atoms with E-state index in [0.717, 1.165) is 5.56 Å². The lowest BCUT2D eigenvalue weighted by Crippen LogP contribution is -2.52. The molecule has 1 aliphatic carbocycles. The van der Waals surface area contributed by atoms with E-state index < -0.39 is 16.4 Å². The molecule has 2 bridgehead atoms. The lowest BCUT2D eigenvalue weighted by atomic mass is 9.66. The number of amides is 1. The fraction of sp³-hybridized carbons (Fsp3) is 0.500. The first-order valence-corrected chi connectivity index (χ1v) is 8.27. The van der Waals surface area contributed by atoms with Crippen molar-refractivity contribution in [3.63, 3.8) is 0 Å². The summed E-state index contributed by atoms with van der Waals surface area (Å²) in [6, 6.07) is 5.38. The molecule has 3 aliphatic rings. The van der Waals surface area contributed by atoms with E-state index in [1.165, 1.54) is 6.21 Å². The minimum absolute atomic E-state index is 0.203. The first-order chi connectivity index (χ1) is 11.8. The molecule has 4 rings (SSSR count). The quantitative estimate of drug-likeness (QED) is 0.515. The van der Waals surface area contributed by atoms with Gasteiger partial charge in [0.25, 0.3) is 5.91 Å². The van der Waals surface area contributed by atoms with Crippen molar-refractivity contribution in [1.29, 1.82) is 0 Å². The van der Waals surface area contributed by atoms with E-state index in [0.29, 0.717) is 24.3 Å². The van der Waals surface area contributed by atoms with Crippen LogP contribution in [0.4, 0.5) is 0 Å². The summed E-state index contributed by atoms with van der Waals surface area (Å²) < 4.78 is 16.1. The van der Waals surface area contributed by atoms with Crippen LogP contribution in [-0.2, 0) is 14.3 Å². The fourth-order valence-electron chi connectivity index (χ4n) is 4.00. The van der Waals surface area contributed by atoms with Crippen molar-refractivity contribution in [2.75, 3.05) is 6.79 Å². The maximum absolute atomic E-state index is 12.8. The van der Waals surface area contributed by atoms with Crippen molar-refractivity contribution in [3.05, 3.63) is 23.8 Å². The van der Waals surface area contributed by atoms with Crippen LogP contribution in [0.1, 0.15) is 39.2 Å². The second-order valence-corrected chi connectivity index (χ2v) is 7.49. The Hall–Kier alpha value is -2.57. The van der Waals surface area contributed by atoms with Crippen LogP contribution >= 0.6 is 0 Å². The average Bonchev–Trinajstić information content (AvgIpc) is 3.15. The van der Waals surface area contributed by atoms with Crippen LogP contribution in [0.15, 0.2) is 23.3 Å². The molecule has 1 aromatic rings. The molecule has 0 aromatic heterocycles. The summed E-state index contributed by atoms with van der Waals surface area (Å²) in [5.74, 6) is 0.638. The van der Waals surface area contributed by atoms with Crippen molar-refractivity contribution in [1.82, 2.24) is 5.43 Å². The van der Waals surface area contributed by atoms with Crippen LogP contribution < -0.4 is 14.9 Å². The van der Waals surface area contributed by atoms with Gasteiger partial charge in [-0.3, -0.25) is 9.59 Å². The SMILES string of the molecule is CC1(C)[C@@]2(C)CC[C@]1(C(=O)N/N=C\c1ccc3c(c1)OCO3)OC2=O. The normalized spacial score (nSPS) is 31.4.